The molecule has 0 aromatic rings. The fourth-order valence-corrected chi connectivity index (χ4v) is 13.0. The van der Waals surface area contributed by atoms with Gasteiger partial charge in [-0.2, -0.15) is 0 Å². The number of phosphoric ester groups is 2. The zero-order chi connectivity index (χ0) is 78.0. The molecule has 0 aromatic carbocycles. The predicted molar refractivity (Wildman–Crippen MR) is 445 cm³/mol. The number of aliphatic hydroxyl groups is 2. The summed E-state index contributed by atoms with van der Waals surface area (Å²) in [5.74, 6) is -1.58. The van der Waals surface area contributed by atoms with E-state index < -0.39 is 91.5 Å². The summed E-state index contributed by atoms with van der Waals surface area (Å²) in [4.78, 5) is 58.7. The number of allylic oxidation sites excluding steroid dienone is 22. The van der Waals surface area contributed by atoms with Crippen LogP contribution in [0.3, 0.4) is 0 Å². The van der Waals surface area contributed by atoms with Crippen LogP contribution in [-0.4, -0.2) is 95.9 Å². The van der Waals surface area contributed by atoms with Crippen LogP contribution in [0.15, 0.2) is 134 Å². The molecule has 616 valence electrons. The van der Waals surface area contributed by atoms with E-state index >= 15 is 0 Å². The molecule has 0 saturated carbocycles. The van der Waals surface area contributed by atoms with Crippen molar-refractivity contribution in [1.29, 1.82) is 0 Å². The highest BCUT2D eigenvalue weighted by atomic mass is 31.2. The quantitative estimate of drug-likeness (QED) is 0.0146. The lowest BCUT2D eigenvalue weighted by Crippen LogP contribution is -2.30. The Morgan fingerprint density at radius 2 is 0.495 bits per heavy atom. The molecular formula is C89H154O16P2. The Balaban J connectivity index is 4.38. The first-order valence-electron chi connectivity index (χ1n) is 42.5. The van der Waals surface area contributed by atoms with Gasteiger partial charge in [0.1, 0.15) is 25.4 Å². The predicted octanol–water partition coefficient (Wildman–Crippen LogP) is 25.4. The molecule has 16 nitrogen and oxygen atoms in total. The molecule has 0 spiro atoms. The minimum Gasteiger partial charge on any atom is -0.463 e. The van der Waals surface area contributed by atoms with E-state index in [0.29, 0.717) is 19.3 Å². The fraction of sp³-hybridized carbons (Fsp3) is 0.719. The number of ether oxygens (including phenoxy) is 3. The van der Waals surface area contributed by atoms with Gasteiger partial charge in [0, 0.05) is 19.3 Å². The summed E-state index contributed by atoms with van der Waals surface area (Å²) in [6.07, 6.45) is 99.6. The maximum Gasteiger partial charge on any atom is 0.472 e. The van der Waals surface area contributed by atoms with Crippen LogP contribution in [0.1, 0.15) is 355 Å². The van der Waals surface area contributed by atoms with Gasteiger partial charge in [0.15, 0.2) is 6.10 Å². The Morgan fingerprint density at radius 3 is 0.794 bits per heavy atom. The van der Waals surface area contributed by atoms with Gasteiger partial charge in [0.05, 0.1) is 26.4 Å². The van der Waals surface area contributed by atoms with Gasteiger partial charge in [-0.15, -0.1) is 0 Å². The van der Waals surface area contributed by atoms with E-state index in [0.717, 1.165) is 154 Å². The molecule has 0 aliphatic carbocycles. The summed E-state index contributed by atoms with van der Waals surface area (Å²) < 4.78 is 61.2. The van der Waals surface area contributed by atoms with E-state index in [1.165, 1.54) is 141 Å². The van der Waals surface area contributed by atoms with Crippen LogP contribution in [0.25, 0.3) is 0 Å². The molecule has 0 fully saturated rings. The lowest BCUT2D eigenvalue weighted by molar-refractivity contribution is -0.161. The average molecular weight is 1540 g/mol. The van der Waals surface area contributed by atoms with Crippen molar-refractivity contribution < 1.29 is 75.8 Å². The van der Waals surface area contributed by atoms with Gasteiger partial charge in [0.25, 0.3) is 0 Å². The molecule has 107 heavy (non-hydrogen) atoms. The van der Waals surface area contributed by atoms with Crippen molar-refractivity contribution in [2.24, 2.45) is 0 Å². The zero-order valence-corrected chi connectivity index (χ0v) is 69.3. The van der Waals surface area contributed by atoms with Crippen LogP contribution in [0.2, 0.25) is 0 Å². The monoisotopic (exact) mass is 1540 g/mol. The Hall–Kier alpha value is -4.31. The lowest BCUT2D eigenvalue weighted by Gasteiger charge is -2.21. The molecule has 0 aliphatic rings. The standard InChI is InChI=1S/C89H154O16P2/c1-4-7-10-13-16-19-22-24-26-28-30-32-34-36-38-40-41-43-45-46-48-50-52-54-56-58-61-63-66-69-72-75-87(92)99-78-84(90)79-101-106(95,96)102-80-85(91)81-103-107(97,98)104-83-86(105-89(94)77-74-71-68-65-60-21-18-15-12-9-6-3)82-100-88(93)76-73-70-67-64-62-59-57-55-53-51-49-47-44-42-39-37-35-33-31-29-27-25-23-20-17-14-11-8-5-2/h7-8,10-11,15-20,24-27,30-33,36-39,84-86,90-91H,4-6,9,12-14,21-23,28-29,34-35,40-83H2,1-3H3,(H,95,96)(H,97,98)/b10-7-,11-8-,18-15-,19-16-,20-17-,26-24-,27-25-,32-30-,33-31-,38-36-,39-37-. The number of carbonyl (C=O) groups is 3. The summed E-state index contributed by atoms with van der Waals surface area (Å²) in [5, 5.41) is 20.7. The number of phosphoric acid groups is 2. The first-order chi connectivity index (χ1) is 52.2. The summed E-state index contributed by atoms with van der Waals surface area (Å²) in [5.41, 5.74) is 0. The van der Waals surface area contributed by atoms with E-state index in [4.69, 9.17) is 32.3 Å². The molecule has 5 unspecified atom stereocenters. The molecule has 5 atom stereocenters. The molecule has 0 aliphatic heterocycles. The molecule has 0 bridgehead atoms. The van der Waals surface area contributed by atoms with Crippen LogP contribution in [-0.2, 0) is 55.8 Å². The van der Waals surface area contributed by atoms with E-state index in [-0.39, 0.29) is 19.3 Å². The molecule has 0 amide bonds. The topological polar surface area (TPSA) is 231 Å². The van der Waals surface area contributed by atoms with Crippen molar-refractivity contribution >= 4 is 33.6 Å². The largest absolute Gasteiger partial charge is 0.472 e. The number of hydrogen-bond donors (Lipinski definition) is 4. The maximum atomic E-state index is 12.9. The lowest BCUT2D eigenvalue weighted by atomic mass is 10.0. The van der Waals surface area contributed by atoms with Crippen LogP contribution in [0.5, 0.6) is 0 Å². The van der Waals surface area contributed by atoms with Crippen molar-refractivity contribution in [2.75, 3.05) is 39.6 Å². The van der Waals surface area contributed by atoms with Crippen LogP contribution in [0.4, 0.5) is 0 Å². The number of rotatable bonds is 80. The van der Waals surface area contributed by atoms with Crippen molar-refractivity contribution in [1.82, 2.24) is 0 Å². The third-order valence-corrected chi connectivity index (χ3v) is 19.7. The van der Waals surface area contributed by atoms with Gasteiger partial charge in [-0.05, 0) is 128 Å². The second-order valence-electron chi connectivity index (χ2n) is 28.2. The summed E-state index contributed by atoms with van der Waals surface area (Å²) >= 11 is 0. The Kier molecular flexibility index (Phi) is 77.9. The highest BCUT2D eigenvalue weighted by Crippen LogP contribution is 2.45. The van der Waals surface area contributed by atoms with Gasteiger partial charge < -0.3 is 34.2 Å². The van der Waals surface area contributed by atoms with E-state index in [9.17, 15) is 43.5 Å². The third-order valence-electron chi connectivity index (χ3n) is 17.8. The maximum absolute atomic E-state index is 12.9. The van der Waals surface area contributed by atoms with Gasteiger partial charge in [-0.1, -0.05) is 341 Å². The van der Waals surface area contributed by atoms with E-state index in [1.807, 2.05) is 0 Å². The van der Waals surface area contributed by atoms with Gasteiger partial charge in [-0.25, -0.2) is 9.13 Å². The number of hydrogen-bond acceptors (Lipinski definition) is 14. The normalized spacial score (nSPS) is 14.6. The van der Waals surface area contributed by atoms with Crippen LogP contribution in [0, 0.1) is 0 Å². The molecule has 0 heterocycles. The second kappa shape index (κ2) is 81.2. The van der Waals surface area contributed by atoms with Crippen LogP contribution >= 0.6 is 15.6 Å². The van der Waals surface area contributed by atoms with Gasteiger partial charge in [-0.3, -0.25) is 32.5 Å². The third kappa shape index (κ3) is 82.5. The Labute approximate surface area is 652 Å². The summed E-state index contributed by atoms with van der Waals surface area (Å²) in [6.45, 7) is 2.43. The molecule has 0 saturated heterocycles. The van der Waals surface area contributed by atoms with Gasteiger partial charge in [0.2, 0.25) is 0 Å². The molecule has 18 heteroatoms. The first kappa shape index (κ1) is 103. The van der Waals surface area contributed by atoms with Crippen LogP contribution < -0.4 is 0 Å². The van der Waals surface area contributed by atoms with E-state index in [2.05, 4.69) is 154 Å². The fourth-order valence-electron chi connectivity index (χ4n) is 11.4. The Morgan fingerprint density at radius 1 is 0.271 bits per heavy atom. The van der Waals surface area contributed by atoms with E-state index in [1.54, 1.807) is 0 Å². The number of carbonyl (C=O) groups excluding carboxylic acids is 3. The van der Waals surface area contributed by atoms with Crippen molar-refractivity contribution in [3.63, 3.8) is 0 Å². The van der Waals surface area contributed by atoms with Gasteiger partial charge >= 0.3 is 33.6 Å². The molecular weight excluding hydrogens is 1390 g/mol. The minimum absolute atomic E-state index is 0.0935. The van der Waals surface area contributed by atoms with Crippen molar-refractivity contribution in [2.45, 2.75) is 373 Å². The van der Waals surface area contributed by atoms with Crippen molar-refractivity contribution in [3.8, 4) is 0 Å². The first-order valence-corrected chi connectivity index (χ1v) is 45.5. The minimum atomic E-state index is -4.93. The SMILES string of the molecule is CC/C=C\C/C=C\C/C=C\C/C=C\C/C=C\CCCCCCCCCCCCCCCCCC(=O)OCC(O)COP(=O)(O)OCC(O)COP(=O)(O)OCC(COC(=O)CCCCCCCCCCCCCCC/C=C\C/C=C\C/C=C\C/C=C\C/C=C\CC)OC(=O)CCCCCCC/C=C\CCCC. The molecule has 4 N–H and O–H groups in total. The molecule has 0 aromatic heterocycles. The number of esters is 3. The molecule has 0 rings (SSSR count). The summed E-state index contributed by atoms with van der Waals surface area (Å²) in [7, 11) is -9.79. The highest BCUT2D eigenvalue weighted by Gasteiger charge is 2.29. The average Bonchev–Trinajstić information content (AvgIpc) is 0.910. The molecule has 0 radical (unpaired) electrons. The summed E-state index contributed by atoms with van der Waals surface area (Å²) in [6, 6.07) is 0. The number of unbranched alkanes of at least 4 members (excludes halogenated alkanes) is 35. The zero-order valence-electron chi connectivity index (χ0n) is 67.5. The smallest absolute Gasteiger partial charge is 0.463 e. The Bertz CT molecular complexity index is 2480. The highest BCUT2D eigenvalue weighted by molar-refractivity contribution is 7.47. The second-order valence-corrected chi connectivity index (χ2v) is 31.1. The van der Waals surface area contributed by atoms with Crippen molar-refractivity contribution in [3.05, 3.63) is 134 Å². The number of aliphatic hydroxyl groups excluding tert-OH is 2.